The number of rotatable bonds is 2. The van der Waals surface area contributed by atoms with E-state index in [-0.39, 0.29) is 5.60 Å². The average molecular weight is 155 g/mol. The molecule has 0 spiro atoms. The lowest BCUT2D eigenvalue weighted by Gasteiger charge is -2.32. The Morgan fingerprint density at radius 2 is 1.91 bits per heavy atom. The molecule has 2 aliphatic rings. The van der Waals surface area contributed by atoms with Crippen molar-refractivity contribution in [1.29, 1.82) is 0 Å². The van der Waals surface area contributed by atoms with Gasteiger partial charge in [-0.05, 0) is 38.3 Å². The van der Waals surface area contributed by atoms with Gasteiger partial charge in [0.2, 0.25) is 0 Å². The van der Waals surface area contributed by atoms with E-state index < -0.39 is 0 Å². The van der Waals surface area contributed by atoms with Gasteiger partial charge in [-0.15, -0.1) is 0 Å². The average Bonchev–Trinajstić information content (AvgIpc) is 2.72. The van der Waals surface area contributed by atoms with Crippen LogP contribution in [0.5, 0.6) is 0 Å². The summed E-state index contributed by atoms with van der Waals surface area (Å²) in [6, 6.07) is 0. The first-order chi connectivity index (χ1) is 5.29. The maximum atomic E-state index is 10.0. The summed E-state index contributed by atoms with van der Waals surface area (Å²) in [5.41, 5.74) is -0.299. The number of nitrogens with one attached hydrogen (secondary N) is 1. The first-order valence-electron chi connectivity index (χ1n) is 4.72. The molecular weight excluding hydrogens is 138 g/mol. The Balaban J connectivity index is 1.84. The number of hydrogen-bond acceptors (Lipinski definition) is 2. The van der Waals surface area contributed by atoms with E-state index in [1.165, 1.54) is 12.8 Å². The van der Waals surface area contributed by atoms with Crippen molar-refractivity contribution < 1.29 is 5.11 Å². The van der Waals surface area contributed by atoms with Crippen LogP contribution in [0.4, 0.5) is 0 Å². The van der Waals surface area contributed by atoms with Crippen LogP contribution in [0.25, 0.3) is 0 Å². The molecule has 0 amide bonds. The molecule has 64 valence electrons. The van der Waals surface area contributed by atoms with Crippen molar-refractivity contribution in [2.45, 2.75) is 37.7 Å². The number of hydrogen-bond donors (Lipinski definition) is 2. The smallest absolute Gasteiger partial charge is 0.0674 e. The van der Waals surface area contributed by atoms with Crippen LogP contribution in [-0.2, 0) is 0 Å². The molecule has 0 bridgehead atoms. The summed E-state index contributed by atoms with van der Waals surface area (Å²) < 4.78 is 0. The molecule has 2 N–H and O–H groups in total. The fourth-order valence-corrected chi connectivity index (χ4v) is 1.96. The first-order valence-corrected chi connectivity index (χ1v) is 4.72. The van der Waals surface area contributed by atoms with E-state index in [9.17, 15) is 5.11 Å². The minimum Gasteiger partial charge on any atom is -0.390 e. The molecule has 1 heterocycles. The van der Waals surface area contributed by atoms with Crippen LogP contribution >= 0.6 is 0 Å². The van der Waals surface area contributed by atoms with Crippen LogP contribution in [0.1, 0.15) is 32.1 Å². The van der Waals surface area contributed by atoms with Gasteiger partial charge in [-0.3, -0.25) is 0 Å². The van der Waals surface area contributed by atoms with Crippen LogP contribution in [-0.4, -0.2) is 23.8 Å². The molecule has 0 atom stereocenters. The van der Waals surface area contributed by atoms with E-state index in [1.807, 2.05) is 0 Å². The fraction of sp³-hybridized carbons (Fsp3) is 1.00. The van der Waals surface area contributed by atoms with E-state index in [0.717, 1.165) is 38.3 Å². The zero-order valence-electron chi connectivity index (χ0n) is 6.97. The summed E-state index contributed by atoms with van der Waals surface area (Å²) >= 11 is 0. The van der Waals surface area contributed by atoms with Crippen LogP contribution in [0.2, 0.25) is 0 Å². The lowest BCUT2D eigenvalue weighted by atomic mass is 9.87. The third-order valence-electron chi connectivity index (χ3n) is 2.90. The minimum absolute atomic E-state index is 0.299. The second kappa shape index (κ2) is 2.76. The summed E-state index contributed by atoms with van der Waals surface area (Å²) in [5.74, 6) is 0.859. The Morgan fingerprint density at radius 3 is 2.45 bits per heavy atom. The Labute approximate surface area is 68.0 Å². The maximum Gasteiger partial charge on any atom is 0.0674 e. The topological polar surface area (TPSA) is 32.3 Å². The molecule has 11 heavy (non-hydrogen) atoms. The molecule has 0 aromatic heterocycles. The summed E-state index contributed by atoms with van der Waals surface area (Å²) in [4.78, 5) is 0. The molecule has 2 rings (SSSR count). The van der Waals surface area contributed by atoms with Crippen molar-refractivity contribution in [1.82, 2.24) is 5.32 Å². The van der Waals surface area contributed by atoms with Gasteiger partial charge < -0.3 is 10.4 Å². The predicted octanol–water partition coefficient (Wildman–Crippen LogP) is 0.901. The molecule has 1 aliphatic heterocycles. The molecule has 0 unspecified atom stereocenters. The molecule has 2 heteroatoms. The monoisotopic (exact) mass is 155 g/mol. The Kier molecular flexibility index (Phi) is 1.90. The zero-order valence-corrected chi connectivity index (χ0v) is 6.97. The SMILES string of the molecule is OC1(CC2CC2)CCNCC1. The fourth-order valence-electron chi connectivity index (χ4n) is 1.96. The van der Waals surface area contributed by atoms with Gasteiger partial charge in [0, 0.05) is 0 Å². The lowest BCUT2D eigenvalue weighted by molar-refractivity contribution is -0.00239. The van der Waals surface area contributed by atoms with Gasteiger partial charge >= 0.3 is 0 Å². The van der Waals surface area contributed by atoms with Crippen LogP contribution in [0.3, 0.4) is 0 Å². The van der Waals surface area contributed by atoms with Crippen LogP contribution < -0.4 is 5.32 Å². The van der Waals surface area contributed by atoms with Gasteiger partial charge in [-0.1, -0.05) is 12.8 Å². The number of aliphatic hydroxyl groups is 1. The van der Waals surface area contributed by atoms with Crippen molar-refractivity contribution in [3.8, 4) is 0 Å². The first kappa shape index (κ1) is 7.56. The predicted molar refractivity (Wildman–Crippen MR) is 44.4 cm³/mol. The quantitative estimate of drug-likeness (QED) is 0.621. The minimum atomic E-state index is -0.299. The number of piperidine rings is 1. The molecule has 0 aromatic carbocycles. The highest BCUT2D eigenvalue weighted by Gasteiger charge is 2.35. The summed E-state index contributed by atoms with van der Waals surface area (Å²) in [5, 5.41) is 13.3. The second-order valence-electron chi connectivity index (χ2n) is 4.12. The third-order valence-corrected chi connectivity index (χ3v) is 2.90. The Morgan fingerprint density at radius 1 is 1.27 bits per heavy atom. The molecule has 1 saturated heterocycles. The van der Waals surface area contributed by atoms with E-state index >= 15 is 0 Å². The van der Waals surface area contributed by atoms with Gasteiger partial charge in [0.05, 0.1) is 5.60 Å². The van der Waals surface area contributed by atoms with E-state index in [1.54, 1.807) is 0 Å². The van der Waals surface area contributed by atoms with Crippen molar-refractivity contribution in [3.05, 3.63) is 0 Å². The molecule has 1 aliphatic carbocycles. The molecule has 2 fully saturated rings. The van der Waals surface area contributed by atoms with E-state index in [0.29, 0.717) is 0 Å². The Bertz CT molecular complexity index is 136. The maximum absolute atomic E-state index is 10.0. The summed E-state index contributed by atoms with van der Waals surface area (Å²) in [6.45, 7) is 2.01. The molecule has 0 radical (unpaired) electrons. The Hall–Kier alpha value is -0.0800. The highest BCUT2D eigenvalue weighted by atomic mass is 16.3. The highest BCUT2D eigenvalue weighted by Crippen LogP contribution is 2.39. The molecule has 2 nitrogen and oxygen atoms in total. The van der Waals surface area contributed by atoms with Crippen molar-refractivity contribution in [2.75, 3.05) is 13.1 Å². The van der Waals surface area contributed by atoms with Gasteiger partial charge in [0.1, 0.15) is 0 Å². The highest BCUT2D eigenvalue weighted by molar-refractivity contribution is 4.90. The van der Waals surface area contributed by atoms with Crippen molar-refractivity contribution in [2.24, 2.45) is 5.92 Å². The van der Waals surface area contributed by atoms with Gasteiger partial charge in [0.25, 0.3) is 0 Å². The van der Waals surface area contributed by atoms with E-state index in [4.69, 9.17) is 0 Å². The van der Waals surface area contributed by atoms with Crippen LogP contribution in [0, 0.1) is 5.92 Å². The van der Waals surface area contributed by atoms with Crippen LogP contribution in [0.15, 0.2) is 0 Å². The normalized spacial score (nSPS) is 30.3. The molecule has 1 saturated carbocycles. The zero-order chi connectivity index (χ0) is 7.73. The standard InChI is InChI=1S/C9H17NO/c11-9(7-8-1-2-8)3-5-10-6-4-9/h8,10-11H,1-7H2. The second-order valence-corrected chi connectivity index (χ2v) is 4.12. The largest absolute Gasteiger partial charge is 0.390 e. The van der Waals surface area contributed by atoms with E-state index in [2.05, 4.69) is 5.32 Å². The molecular formula is C9H17NO. The third kappa shape index (κ3) is 1.94. The summed E-state index contributed by atoms with van der Waals surface area (Å²) in [6.07, 6.45) is 5.70. The van der Waals surface area contributed by atoms with Crippen molar-refractivity contribution >= 4 is 0 Å². The molecule has 0 aromatic rings. The van der Waals surface area contributed by atoms with Gasteiger partial charge in [0.15, 0.2) is 0 Å². The lowest BCUT2D eigenvalue weighted by Crippen LogP contribution is -2.42. The van der Waals surface area contributed by atoms with Gasteiger partial charge in [-0.25, -0.2) is 0 Å². The van der Waals surface area contributed by atoms with Gasteiger partial charge in [-0.2, -0.15) is 0 Å². The summed E-state index contributed by atoms with van der Waals surface area (Å²) in [7, 11) is 0. The van der Waals surface area contributed by atoms with Crippen molar-refractivity contribution in [3.63, 3.8) is 0 Å².